The molecule has 4 aliphatic rings. The van der Waals surface area contributed by atoms with Gasteiger partial charge in [0.2, 0.25) is 11.8 Å². The van der Waals surface area contributed by atoms with Crippen molar-refractivity contribution in [1.29, 1.82) is 5.26 Å². The average Bonchev–Trinajstić information content (AvgIpc) is 3.28. The number of likely N-dealkylation sites (tertiary alicyclic amines) is 1. The maximum Gasteiger partial charge on any atom is 0.224 e. The van der Waals surface area contributed by atoms with Gasteiger partial charge in [0.05, 0.1) is 19.3 Å². The van der Waals surface area contributed by atoms with E-state index in [2.05, 4.69) is 30.1 Å². The highest BCUT2D eigenvalue weighted by molar-refractivity contribution is 5.86. The van der Waals surface area contributed by atoms with Crippen molar-refractivity contribution in [3.8, 4) is 6.07 Å². The number of morpholine rings is 1. The van der Waals surface area contributed by atoms with Crippen LogP contribution in [0.1, 0.15) is 90.9 Å². The fourth-order valence-corrected chi connectivity index (χ4v) is 7.08. The summed E-state index contributed by atoms with van der Waals surface area (Å²) in [5.41, 5.74) is -0.612. The molecule has 7 nitrogen and oxygen atoms in total. The third-order valence-electron chi connectivity index (χ3n) is 9.27. The summed E-state index contributed by atoms with van der Waals surface area (Å²) in [5, 5.41) is 13.4. The molecule has 2 saturated heterocycles. The third kappa shape index (κ3) is 6.57. The molecule has 1 N–H and O–H groups in total. The molecule has 0 spiro atoms. The molecule has 4 fully saturated rings. The molecule has 196 valence electrons. The Kier molecular flexibility index (Phi) is 8.76. The van der Waals surface area contributed by atoms with Crippen LogP contribution in [0.15, 0.2) is 0 Å². The second-order valence-electron chi connectivity index (χ2n) is 12.3. The number of carbonyl (C=O) groups excluding carboxylic acids is 2. The van der Waals surface area contributed by atoms with Crippen LogP contribution in [0.4, 0.5) is 0 Å². The minimum atomic E-state index is -0.850. The lowest BCUT2D eigenvalue weighted by atomic mass is 9.72. The van der Waals surface area contributed by atoms with Gasteiger partial charge in [-0.2, -0.15) is 5.26 Å². The van der Waals surface area contributed by atoms with E-state index in [0.717, 1.165) is 25.8 Å². The molecular weight excluding hydrogens is 440 g/mol. The van der Waals surface area contributed by atoms with Crippen LogP contribution >= 0.6 is 0 Å². The van der Waals surface area contributed by atoms with E-state index in [1.807, 2.05) is 4.90 Å². The first-order valence-electron chi connectivity index (χ1n) is 14.1. The van der Waals surface area contributed by atoms with Gasteiger partial charge in [0.1, 0.15) is 5.54 Å². The van der Waals surface area contributed by atoms with Gasteiger partial charge in [0.15, 0.2) is 0 Å². The highest BCUT2D eigenvalue weighted by Crippen LogP contribution is 2.41. The molecule has 3 atom stereocenters. The first-order valence-corrected chi connectivity index (χ1v) is 14.1. The minimum absolute atomic E-state index is 0.0484. The topological polar surface area (TPSA) is 85.7 Å². The summed E-state index contributed by atoms with van der Waals surface area (Å²) in [4.78, 5) is 31.1. The molecule has 4 rings (SSSR count). The Morgan fingerprint density at radius 2 is 1.74 bits per heavy atom. The fourth-order valence-electron chi connectivity index (χ4n) is 7.08. The molecule has 2 saturated carbocycles. The van der Waals surface area contributed by atoms with Gasteiger partial charge in [0, 0.05) is 44.6 Å². The average molecular weight is 487 g/mol. The molecule has 35 heavy (non-hydrogen) atoms. The molecule has 2 aliphatic carbocycles. The van der Waals surface area contributed by atoms with Crippen LogP contribution in [0, 0.1) is 28.6 Å². The predicted molar refractivity (Wildman–Crippen MR) is 135 cm³/mol. The van der Waals surface area contributed by atoms with Crippen LogP contribution in [0.2, 0.25) is 0 Å². The number of nitrogens with one attached hydrogen (secondary N) is 1. The summed E-state index contributed by atoms with van der Waals surface area (Å²) in [7, 11) is 0. The van der Waals surface area contributed by atoms with Gasteiger partial charge in [-0.1, -0.05) is 58.8 Å². The van der Waals surface area contributed by atoms with E-state index >= 15 is 0 Å². The van der Waals surface area contributed by atoms with Gasteiger partial charge >= 0.3 is 0 Å². The van der Waals surface area contributed by atoms with E-state index in [9.17, 15) is 14.9 Å². The van der Waals surface area contributed by atoms with E-state index in [-0.39, 0.29) is 29.6 Å². The quantitative estimate of drug-likeness (QED) is 0.590. The van der Waals surface area contributed by atoms with Crippen molar-refractivity contribution >= 4 is 11.8 Å². The Morgan fingerprint density at radius 1 is 1.03 bits per heavy atom. The Labute approximate surface area is 211 Å². The maximum atomic E-state index is 13.7. The lowest BCUT2D eigenvalue weighted by molar-refractivity contribution is -0.140. The van der Waals surface area contributed by atoms with Gasteiger partial charge in [-0.3, -0.25) is 14.5 Å². The van der Waals surface area contributed by atoms with Crippen LogP contribution in [0.3, 0.4) is 0 Å². The SMILES string of the molecule is CC1(C)CCCCC1N1CC[C@@](C#N)(NC(=O)[C@@H](CC(=O)N2CCOCC2)CC2CCCCC2)C1. The molecular formula is C28H46N4O3. The van der Waals surface area contributed by atoms with Crippen LogP contribution in [-0.4, -0.2) is 72.6 Å². The Balaban J connectivity index is 1.43. The van der Waals surface area contributed by atoms with Gasteiger partial charge in [0.25, 0.3) is 0 Å². The second kappa shape index (κ2) is 11.6. The van der Waals surface area contributed by atoms with Crippen molar-refractivity contribution in [2.75, 3.05) is 39.4 Å². The Hall–Kier alpha value is -1.65. The number of rotatable bonds is 7. The van der Waals surface area contributed by atoms with Crippen LogP contribution in [0.5, 0.6) is 0 Å². The summed E-state index contributed by atoms with van der Waals surface area (Å²) in [5.74, 6) is 0.0905. The van der Waals surface area contributed by atoms with Gasteiger partial charge in [-0.15, -0.1) is 0 Å². The minimum Gasteiger partial charge on any atom is -0.378 e. The van der Waals surface area contributed by atoms with Crippen LogP contribution in [-0.2, 0) is 14.3 Å². The van der Waals surface area contributed by atoms with E-state index in [0.29, 0.717) is 51.2 Å². The fraction of sp³-hybridized carbons (Fsp3) is 0.893. The molecule has 0 aromatic heterocycles. The van der Waals surface area contributed by atoms with Gasteiger partial charge < -0.3 is 15.0 Å². The van der Waals surface area contributed by atoms with Crippen LogP contribution < -0.4 is 5.32 Å². The second-order valence-corrected chi connectivity index (χ2v) is 12.3. The summed E-state index contributed by atoms with van der Waals surface area (Å²) >= 11 is 0. The molecule has 0 radical (unpaired) electrons. The highest BCUT2D eigenvalue weighted by atomic mass is 16.5. The van der Waals surface area contributed by atoms with Crippen molar-refractivity contribution in [3.63, 3.8) is 0 Å². The highest BCUT2D eigenvalue weighted by Gasteiger charge is 2.46. The molecule has 1 unspecified atom stereocenters. The number of nitrogens with zero attached hydrogens (tertiary/aromatic N) is 3. The smallest absolute Gasteiger partial charge is 0.224 e. The van der Waals surface area contributed by atoms with Crippen molar-refractivity contribution < 1.29 is 14.3 Å². The Bertz CT molecular complexity index is 782. The molecule has 7 heteroatoms. The lowest BCUT2D eigenvalue weighted by Gasteiger charge is -2.44. The molecule has 2 heterocycles. The number of nitriles is 1. The van der Waals surface area contributed by atoms with Gasteiger partial charge in [-0.05, 0) is 37.0 Å². The van der Waals surface area contributed by atoms with Crippen molar-refractivity contribution in [2.24, 2.45) is 17.3 Å². The summed E-state index contributed by atoms with van der Waals surface area (Å²) in [6, 6.07) is 2.96. The number of carbonyl (C=O) groups is 2. The monoisotopic (exact) mass is 486 g/mol. The van der Waals surface area contributed by atoms with E-state index < -0.39 is 5.54 Å². The van der Waals surface area contributed by atoms with E-state index in [1.165, 1.54) is 44.9 Å². The first kappa shape index (κ1) is 26.4. The summed E-state index contributed by atoms with van der Waals surface area (Å²) in [6.45, 7) is 8.47. The number of hydrogen-bond acceptors (Lipinski definition) is 5. The van der Waals surface area contributed by atoms with Gasteiger partial charge in [-0.25, -0.2) is 0 Å². The molecule has 0 aromatic carbocycles. The first-order chi connectivity index (χ1) is 16.8. The normalized spacial score (nSPS) is 31.0. The number of ether oxygens (including phenoxy) is 1. The lowest BCUT2D eigenvalue weighted by Crippen LogP contribution is -2.54. The van der Waals surface area contributed by atoms with Crippen molar-refractivity contribution in [3.05, 3.63) is 0 Å². The third-order valence-corrected chi connectivity index (χ3v) is 9.27. The van der Waals surface area contributed by atoms with Crippen molar-refractivity contribution in [1.82, 2.24) is 15.1 Å². The zero-order valence-electron chi connectivity index (χ0n) is 22.0. The molecule has 2 amide bonds. The zero-order valence-corrected chi connectivity index (χ0v) is 22.0. The molecule has 2 aliphatic heterocycles. The summed E-state index contributed by atoms with van der Waals surface area (Å²) in [6.07, 6.45) is 12.5. The van der Waals surface area contributed by atoms with E-state index in [1.54, 1.807) is 0 Å². The summed E-state index contributed by atoms with van der Waals surface area (Å²) < 4.78 is 5.40. The number of amides is 2. The standard InChI is InChI=1S/C28H46N4O3/c1-27(2)11-7-6-10-24(27)32-13-12-28(20-29,21-32)30-26(34)23(18-22-8-4-3-5-9-22)19-25(33)31-14-16-35-17-15-31/h22-24H,3-19,21H2,1-2H3,(H,30,34)/t23-,24?,28+/m1/s1. The predicted octanol–water partition coefficient (Wildman–Crippen LogP) is 3.87. The number of hydrogen-bond donors (Lipinski definition) is 1. The zero-order chi connectivity index (χ0) is 24.9. The molecule has 0 bridgehead atoms. The maximum absolute atomic E-state index is 13.7. The largest absolute Gasteiger partial charge is 0.378 e. The molecule has 0 aromatic rings. The van der Waals surface area contributed by atoms with Crippen molar-refractivity contribution in [2.45, 2.75) is 102 Å². The Morgan fingerprint density at radius 3 is 2.43 bits per heavy atom. The van der Waals surface area contributed by atoms with Crippen LogP contribution in [0.25, 0.3) is 0 Å². The van der Waals surface area contributed by atoms with E-state index in [4.69, 9.17) is 4.74 Å².